The lowest BCUT2D eigenvalue weighted by molar-refractivity contribution is 0.356. The van der Waals surface area contributed by atoms with Gasteiger partial charge in [-0.1, -0.05) is 0 Å². The van der Waals surface area contributed by atoms with Gasteiger partial charge in [-0.2, -0.15) is 5.10 Å². The van der Waals surface area contributed by atoms with Gasteiger partial charge in [-0.15, -0.1) is 0 Å². The van der Waals surface area contributed by atoms with Crippen molar-refractivity contribution < 1.29 is 19.3 Å². The molecule has 0 saturated carbocycles. The van der Waals surface area contributed by atoms with Gasteiger partial charge in [0.05, 0.1) is 38.8 Å². The van der Waals surface area contributed by atoms with Crippen LogP contribution in [0.3, 0.4) is 0 Å². The van der Waals surface area contributed by atoms with E-state index in [2.05, 4.69) is 5.10 Å². The SMILES string of the molecule is COc1ccc(O)c(-c2nc3cc(OC)c(OC)cc3cc2/C=N\N(C)C)c1. The van der Waals surface area contributed by atoms with Gasteiger partial charge in [-0.05, 0) is 30.3 Å². The zero-order chi connectivity index (χ0) is 20.3. The number of hydrogen-bond donors (Lipinski definition) is 1. The maximum atomic E-state index is 10.4. The summed E-state index contributed by atoms with van der Waals surface area (Å²) < 4.78 is 16.1. The number of rotatable bonds is 6. The molecule has 2 aromatic carbocycles. The van der Waals surface area contributed by atoms with Gasteiger partial charge >= 0.3 is 0 Å². The van der Waals surface area contributed by atoms with Gasteiger partial charge in [-0.3, -0.25) is 0 Å². The highest BCUT2D eigenvalue weighted by Crippen LogP contribution is 2.37. The van der Waals surface area contributed by atoms with Crippen molar-refractivity contribution in [2.45, 2.75) is 0 Å². The molecule has 1 heterocycles. The predicted octanol–water partition coefficient (Wildman–Crippen LogP) is 3.53. The summed E-state index contributed by atoms with van der Waals surface area (Å²) in [6.45, 7) is 0. The van der Waals surface area contributed by atoms with E-state index in [0.717, 1.165) is 10.9 Å². The molecule has 0 amide bonds. The van der Waals surface area contributed by atoms with Crippen molar-refractivity contribution in [1.29, 1.82) is 0 Å². The van der Waals surface area contributed by atoms with Gasteiger partial charge in [-0.25, -0.2) is 4.98 Å². The van der Waals surface area contributed by atoms with Crippen LogP contribution in [0.1, 0.15) is 5.56 Å². The third-order valence-corrected chi connectivity index (χ3v) is 4.24. The maximum absolute atomic E-state index is 10.4. The highest BCUT2D eigenvalue weighted by molar-refractivity contribution is 5.97. The summed E-state index contributed by atoms with van der Waals surface area (Å²) in [5, 5.41) is 17.3. The van der Waals surface area contributed by atoms with Crippen LogP contribution in [0.5, 0.6) is 23.0 Å². The van der Waals surface area contributed by atoms with E-state index >= 15 is 0 Å². The number of benzene rings is 2. The molecule has 3 rings (SSSR count). The minimum Gasteiger partial charge on any atom is -0.507 e. The monoisotopic (exact) mass is 381 g/mol. The van der Waals surface area contributed by atoms with E-state index in [0.29, 0.717) is 34.0 Å². The fourth-order valence-corrected chi connectivity index (χ4v) is 2.84. The summed E-state index contributed by atoms with van der Waals surface area (Å²) in [6, 6.07) is 10.6. The molecule has 146 valence electrons. The van der Waals surface area contributed by atoms with Crippen molar-refractivity contribution in [2.24, 2.45) is 5.10 Å². The lowest BCUT2D eigenvalue weighted by atomic mass is 10.0. The molecule has 0 fully saturated rings. The van der Waals surface area contributed by atoms with Gasteiger partial charge in [0.1, 0.15) is 11.5 Å². The summed E-state index contributed by atoms with van der Waals surface area (Å²) in [4.78, 5) is 4.78. The molecule has 3 aromatic rings. The number of phenols is 1. The molecular weight excluding hydrogens is 358 g/mol. The van der Waals surface area contributed by atoms with Crippen molar-refractivity contribution >= 4 is 17.1 Å². The molecular formula is C21H23N3O4. The Hall–Kier alpha value is -3.48. The van der Waals surface area contributed by atoms with E-state index in [9.17, 15) is 5.11 Å². The van der Waals surface area contributed by atoms with Crippen LogP contribution in [-0.2, 0) is 0 Å². The van der Waals surface area contributed by atoms with E-state index in [1.54, 1.807) is 50.8 Å². The lowest BCUT2D eigenvalue weighted by Gasteiger charge is -2.13. The number of phenolic OH excluding ortho intramolecular Hbond substituents is 1. The molecule has 28 heavy (non-hydrogen) atoms. The van der Waals surface area contributed by atoms with Crippen LogP contribution in [-0.4, -0.2) is 56.7 Å². The van der Waals surface area contributed by atoms with E-state index in [-0.39, 0.29) is 5.75 Å². The second-order valence-corrected chi connectivity index (χ2v) is 6.30. The van der Waals surface area contributed by atoms with Crippen LogP contribution in [0.15, 0.2) is 41.5 Å². The van der Waals surface area contributed by atoms with Crippen LogP contribution < -0.4 is 14.2 Å². The summed E-state index contributed by atoms with van der Waals surface area (Å²) in [5.41, 5.74) is 2.59. The van der Waals surface area contributed by atoms with Crippen molar-refractivity contribution in [3.8, 4) is 34.3 Å². The Morgan fingerprint density at radius 2 is 1.68 bits per heavy atom. The minimum atomic E-state index is 0.104. The van der Waals surface area contributed by atoms with Gasteiger partial charge < -0.3 is 24.3 Å². The van der Waals surface area contributed by atoms with Crippen molar-refractivity contribution in [3.63, 3.8) is 0 Å². The highest BCUT2D eigenvalue weighted by Gasteiger charge is 2.15. The molecule has 0 unspecified atom stereocenters. The molecule has 7 heteroatoms. The Kier molecular flexibility index (Phi) is 5.54. The Labute approximate surface area is 163 Å². The number of nitrogens with zero attached hydrogens (tertiary/aromatic N) is 3. The van der Waals surface area contributed by atoms with Crippen LogP contribution in [0.4, 0.5) is 0 Å². The van der Waals surface area contributed by atoms with Gasteiger partial charge in [0.2, 0.25) is 0 Å². The number of aromatic nitrogens is 1. The summed E-state index contributed by atoms with van der Waals surface area (Å²) >= 11 is 0. The smallest absolute Gasteiger partial charge is 0.162 e. The summed E-state index contributed by atoms with van der Waals surface area (Å²) in [7, 11) is 8.42. The van der Waals surface area contributed by atoms with Crippen molar-refractivity contribution in [1.82, 2.24) is 9.99 Å². The molecule has 1 aromatic heterocycles. The Morgan fingerprint density at radius 1 is 0.964 bits per heavy atom. The zero-order valence-electron chi connectivity index (χ0n) is 16.6. The molecule has 7 nitrogen and oxygen atoms in total. The van der Waals surface area contributed by atoms with Crippen LogP contribution in [0.25, 0.3) is 22.2 Å². The van der Waals surface area contributed by atoms with E-state index in [1.165, 1.54) is 0 Å². The maximum Gasteiger partial charge on any atom is 0.162 e. The summed E-state index contributed by atoms with van der Waals surface area (Å²) in [6.07, 6.45) is 1.71. The van der Waals surface area contributed by atoms with Crippen LogP contribution in [0.2, 0.25) is 0 Å². The fourth-order valence-electron chi connectivity index (χ4n) is 2.84. The van der Waals surface area contributed by atoms with E-state index in [4.69, 9.17) is 19.2 Å². The first-order valence-electron chi connectivity index (χ1n) is 8.62. The van der Waals surface area contributed by atoms with Crippen LogP contribution in [0, 0.1) is 0 Å². The molecule has 0 aliphatic rings. The quantitative estimate of drug-likeness (QED) is 0.520. The van der Waals surface area contributed by atoms with Crippen molar-refractivity contribution in [2.75, 3.05) is 35.4 Å². The molecule has 0 saturated heterocycles. The predicted molar refractivity (Wildman–Crippen MR) is 110 cm³/mol. The van der Waals surface area contributed by atoms with Crippen molar-refractivity contribution in [3.05, 3.63) is 42.0 Å². The zero-order valence-corrected chi connectivity index (χ0v) is 16.6. The first-order valence-corrected chi connectivity index (χ1v) is 8.62. The molecule has 0 atom stereocenters. The molecule has 0 bridgehead atoms. The van der Waals surface area contributed by atoms with Gasteiger partial charge in [0.25, 0.3) is 0 Å². The molecule has 1 N–H and O–H groups in total. The number of aromatic hydroxyl groups is 1. The third-order valence-electron chi connectivity index (χ3n) is 4.24. The summed E-state index contributed by atoms with van der Waals surface area (Å²) in [5.74, 6) is 1.92. The highest BCUT2D eigenvalue weighted by atomic mass is 16.5. The standard InChI is InChI=1S/C21H23N3O4/c1-24(2)22-12-14-8-13-9-19(27-4)20(28-5)11-17(13)23-21(14)16-10-15(26-3)6-7-18(16)25/h6-12,25H,1-5H3/b22-12-. The Balaban J connectivity index is 2.31. The van der Waals surface area contributed by atoms with Gasteiger partial charge in [0, 0.05) is 36.7 Å². The average Bonchev–Trinajstić information content (AvgIpc) is 2.70. The number of hydrogen-bond acceptors (Lipinski definition) is 7. The molecule has 0 spiro atoms. The fraction of sp³-hybridized carbons (Fsp3) is 0.238. The normalized spacial score (nSPS) is 11.0. The number of pyridine rings is 1. The first-order chi connectivity index (χ1) is 13.5. The molecule has 0 radical (unpaired) electrons. The minimum absolute atomic E-state index is 0.104. The third kappa shape index (κ3) is 3.78. The first kappa shape index (κ1) is 19.3. The number of methoxy groups -OCH3 is 3. The Bertz CT molecular complexity index is 1030. The number of fused-ring (bicyclic) bond motifs is 1. The number of hydrazone groups is 1. The van der Waals surface area contributed by atoms with E-state index < -0.39 is 0 Å². The number of ether oxygens (including phenoxy) is 3. The average molecular weight is 381 g/mol. The second-order valence-electron chi connectivity index (χ2n) is 6.30. The topological polar surface area (TPSA) is 76.4 Å². The van der Waals surface area contributed by atoms with Gasteiger partial charge in [0.15, 0.2) is 11.5 Å². The molecule has 0 aliphatic carbocycles. The Morgan fingerprint density at radius 3 is 2.32 bits per heavy atom. The second kappa shape index (κ2) is 8.04. The lowest BCUT2D eigenvalue weighted by Crippen LogP contribution is -2.03. The largest absolute Gasteiger partial charge is 0.507 e. The van der Waals surface area contributed by atoms with Crippen LogP contribution >= 0.6 is 0 Å². The molecule has 0 aliphatic heterocycles. The van der Waals surface area contributed by atoms with E-state index in [1.807, 2.05) is 32.3 Å².